The number of carbonyl (C=O) groups is 1. The third-order valence-corrected chi connectivity index (χ3v) is 3.30. The Morgan fingerprint density at radius 2 is 2.10 bits per heavy atom. The van der Waals surface area contributed by atoms with Gasteiger partial charge in [0.05, 0.1) is 0 Å². The van der Waals surface area contributed by atoms with Crippen LogP contribution in [0.4, 0.5) is 0 Å². The molecular weight excluding hydrogens is 299 g/mol. The number of nitrogens with one attached hydrogen (secondary N) is 1. The van der Waals surface area contributed by atoms with Gasteiger partial charge in [0.15, 0.2) is 5.76 Å². The van der Waals surface area contributed by atoms with E-state index >= 15 is 0 Å². The number of hydrogen-bond acceptors (Lipinski definition) is 3. The van der Waals surface area contributed by atoms with Crippen molar-refractivity contribution in [2.24, 2.45) is 5.73 Å². The van der Waals surface area contributed by atoms with Crippen LogP contribution < -0.4 is 11.1 Å². The highest BCUT2D eigenvalue weighted by Gasteiger charge is 2.24. The number of rotatable bonds is 3. The quantitative estimate of drug-likeness (QED) is 0.913. The van der Waals surface area contributed by atoms with Crippen LogP contribution in [0.3, 0.4) is 0 Å². The molecule has 4 nitrogen and oxygen atoms in total. The van der Waals surface area contributed by atoms with Gasteiger partial charge in [-0.3, -0.25) is 4.79 Å². The summed E-state index contributed by atoms with van der Waals surface area (Å²) in [5, 5.41) is 4.31. The summed E-state index contributed by atoms with van der Waals surface area (Å²) in [5.74, 6) is 0.0408. The molecule has 2 aromatic rings. The third-order valence-electron chi connectivity index (χ3n) is 3.07. The first-order valence-electron chi connectivity index (χ1n) is 6.05. The van der Waals surface area contributed by atoms with Crippen molar-refractivity contribution in [1.29, 1.82) is 0 Å². The SMILES string of the molecule is Cc1c(C(=O)NC(C)(C)CN)oc2ccc(Cl)cc12.Cl. The molecule has 0 unspecified atom stereocenters. The number of furan rings is 1. The molecule has 0 atom stereocenters. The van der Waals surface area contributed by atoms with Gasteiger partial charge in [-0.1, -0.05) is 11.6 Å². The standard InChI is InChI=1S/C14H17ClN2O2.ClH/c1-8-10-6-9(15)4-5-11(10)19-12(8)13(18)17-14(2,3)7-16;/h4-6H,7,16H2,1-3H3,(H,17,18);1H. The molecule has 3 N–H and O–H groups in total. The number of benzene rings is 1. The molecule has 1 aromatic heterocycles. The Bertz CT molecular complexity index is 635. The molecule has 0 radical (unpaired) electrons. The van der Waals surface area contributed by atoms with E-state index < -0.39 is 5.54 Å². The second-order valence-electron chi connectivity index (χ2n) is 5.24. The maximum atomic E-state index is 12.2. The van der Waals surface area contributed by atoms with Crippen molar-refractivity contribution < 1.29 is 9.21 Å². The van der Waals surface area contributed by atoms with E-state index in [4.69, 9.17) is 21.8 Å². The van der Waals surface area contributed by atoms with Crippen LogP contribution in [0, 0.1) is 6.92 Å². The Labute approximate surface area is 129 Å². The van der Waals surface area contributed by atoms with Crippen molar-refractivity contribution >= 4 is 40.9 Å². The Balaban J connectivity index is 0.00000200. The summed E-state index contributed by atoms with van der Waals surface area (Å²) in [6.45, 7) is 5.91. The van der Waals surface area contributed by atoms with E-state index in [0.717, 1.165) is 10.9 Å². The molecule has 6 heteroatoms. The molecule has 0 aliphatic rings. The number of fused-ring (bicyclic) bond motifs is 1. The molecule has 1 aromatic carbocycles. The Hall–Kier alpha value is -1.23. The second kappa shape index (κ2) is 6.04. The first kappa shape index (κ1) is 16.8. The summed E-state index contributed by atoms with van der Waals surface area (Å²) >= 11 is 5.95. The largest absolute Gasteiger partial charge is 0.451 e. The average Bonchev–Trinajstić information content (AvgIpc) is 2.66. The van der Waals surface area contributed by atoms with Crippen LogP contribution in [-0.4, -0.2) is 18.0 Å². The predicted octanol–water partition coefficient (Wildman–Crippen LogP) is 3.28. The Morgan fingerprint density at radius 3 is 2.70 bits per heavy atom. The van der Waals surface area contributed by atoms with Crippen molar-refractivity contribution in [1.82, 2.24) is 5.32 Å². The fourth-order valence-electron chi connectivity index (χ4n) is 1.82. The van der Waals surface area contributed by atoms with Gasteiger partial charge in [0.2, 0.25) is 0 Å². The Morgan fingerprint density at radius 1 is 1.45 bits per heavy atom. The van der Waals surface area contributed by atoms with Gasteiger partial charge in [0.1, 0.15) is 5.58 Å². The van der Waals surface area contributed by atoms with Crippen molar-refractivity contribution in [2.75, 3.05) is 6.54 Å². The lowest BCUT2D eigenvalue weighted by atomic mass is 10.1. The summed E-state index contributed by atoms with van der Waals surface area (Å²) in [4.78, 5) is 12.2. The fourth-order valence-corrected chi connectivity index (χ4v) is 2.00. The Kier molecular flexibility index (Phi) is 5.08. The topological polar surface area (TPSA) is 68.3 Å². The van der Waals surface area contributed by atoms with E-state index in [1.165, 1.54) is 0 Å². The smallest absolute Gasteiger partial charge is 0.287 e. The lowest BCUT2D eigenvalue weighted by Crippen LogP contribution is -2.48. The van der Waals surface area contributed by atoms with Crippen molar-refractivity contribution in [2.45, 2.75) is 26.3 Å². The third kappa shape index (κ3) is 3.26. The minimum atomic E-state index is -0.472. The van der Waals surface area contributed by atoms with Crippen LogP contribution in [0.25, 0.3) is 11.0 Å². The van der Waals surface area contributed by atoms with Crippen LogP contribution in [0.15, 0.2) is 22.6 Å². The highest BCUT2D eigenvalue weighted by Crippen LogP contribution is 2.28. The van der Waals surface area contributed by atoms with Crippen molar-refractivity contribution in [3.05, 3.63) is 34.5 Å². The molecule has 20 heavy (non-hydrogen) atoms. The maximum absolute atomic E-state index is 12.2. The van der Waals surface area contributed by atoms with E-state index in [1.807, 2.05) is 20.8 Å². The summed E-state index contributed by atoms with van der Waals surface area (Å²) < 4.78 is 5.59. The monoisotopic (exact) mass is 316 g/mol. The van der Waals surface area contributed by atoms with Gasteiger partial charge in [-0.25, -0.2) is 0 Å². The number of amides is 1. The van der Waals surface area contributed by atoms with E-state index in [-0.39, 0.29) is 18.3 Å². The number of hydrogen-bond donors (Lipinski definition) is 2. The van der Waals surface area contributed by atoms with Crippen LogP contribution in [0.1, 0.15) is 30.0 Å². The number of carbonyl (C=O) groups excluding carboxylic acids is 1. The van der Waals surface area contributed by atoms with Crippen LogP contribution >= 0.6 is 24.0 Å². The predicted molar refractivity (Wildman–Crippen MR) is 83.8 cm³/mol. The molecule has 110 valence electrons. The molecule has 1 amide bonds. The van der Waals surface area contributed by atoms with E-state index in [9.17, 15) is 4.79 Å². The summed E-state index contributed by atoms with van der Waals surface area (Å²) in [6, 6.07) is 5.29. The number of halogens is 2. The molecular formula is C14H18Cl2N2O2. The lowest BCUT2D eigenvalue weighted by molar-refractivity contribution is 0.0888. The van der Waals surface area contributed by atoms with Crippen LogP contribution in [0.5, 0.6) is 0 Å². The van der Waals surface area contributed by atoms with Crippen molar-refractivity contribution in [3.63, 3.8) is 0 Å². The molecule has 2 rings (SSSR count). The van der Waals surface area contributed by atoms with Gasteiger partial charge in [0, 0.05) is 28.1 Å². The highest BCUT2D eigenvalue weighted by molar-refractivity contribution is 6.31. The first-order valence-corrected chi connectivity index (χ1v) is 6.43. The van der Waals surface area contributed by atoms with Crippen LogP contribution in [0.2, 0.25) is 5.02 Å². The minimum absolute atomic E-state index is 0. The van der Waals surface area contributed by atoms with Crippen molar-refractivity contribution in [3.8, 4) is 0 Å². The zero-order chi connectivity index (χ0) is 14.2. The van der Waals surface area contributed by atoms with Gasteiger partial charge in [-0.2, -0.15) is 0 Å². The summed E-state index contributed by atoms with van der Waals surface area (Å²) in [6.07, 6.45) is 0. The van der Waals surface area contributed by atoms with Gasteiger partial charge >= 0.3 is 0 Å². The zero-order valence-corrected chi connectivity index (χ0v) is 13.2. The summed E-state index contributed by atoms with van der Waals surface area (Å²) in [5.41, 5.74) is 6.56. The number of aryl methyl sites for hydroxylation is 1. The molecule has 0 aliphatic heterocycles. The van der Waals surface area contributed by atoms with E-state index in [0.29, 0.717) is 22.9 Å². The number of nitrogens with two attached hydrogens (primary N) is 1. The maximum Gasteiger partial charge on any atom is 0.287 e. The summed E-state index contributed by atoms with van der Waals surface area (Å²) in [7, 11) is 0. The lowest BCUT2D eigenvalue weighted by Gasteiger charge is -2.23. The van der Waals surface area contributed by atoms with Gasteiger partial charge < -0.3 is 15.5 Å². The molecule has 0 fully saturated rings. The molecule has 0 aliphatic carbocycles. The zero-order valence-electron chi connectivity index (χ0n) is 11.6. The van der Waals surface area contributed by atoms with Gasteiger partial charge in [0.25, 0.3) is 5.91 Å². The first-order chi connectivity index (χ1) is 8.84. The molecule has 0 bridgehead atoms. The molecule has 0 spiro atoms. The fraction of sp³-hybridized carbons (Fsp3) is 0.357. The molecule has 0 saturated heterocycles. The normalized spacial score (nSPS) is 11.2. The molecule has 1 heterocycles. The highest BCUT2D eigenvalue weighted by atomic mass is 35.5. The second-order valence-corrected chi connectivity index (χ2v) is 5.68. The van der Waals surface area contributed by atoms with Gasteiger partial charge in [-0.05, 0) is 39.0 Å². The molecule has 0 saturated carbocycles. The average molecular weight is 317 g/mol. The van der Waals surface area contributed by atoms with Crippen LogP contribution in [-0.2, 0) is 0 Å². The van der Waals surface area contributed by atoms with E-state index in [1.54, 1.807) is 18.2 Å². The minimum Gasteiger partial charge on any atom is -0.451 e. The van der Waals surface area contributed by atoms with Gasteiger partial charge in [-0.15, -0.1) is 12.4 Å². The van der Waals surface area contributed by atoms with E-state index in [2.05, 4.69) is 5.32 Å².